The zero-order valence-corrected chi connectivity index (χ0v) is 16.8. The van der Waals surface area contributed by atoms with Crippen molar-refractivity contribution in [3.8, 4) is 0 Å². The minimum atomic E-state index is -0.319. The molecule has 1 atom stereocenters. The number of carbonyl (C=O) groups excluding carboxylic acids is 1. The Morgan fingerprint density at radius 1 is 1.28 bits per heavy atom. The van der Waals surface area contributed by atoms with E-state index >= 15 is 0 Å². The van der Waals surface area contributed by atoms with Crippen LogP contribution in [0.1, 0.15) is 44.3 Å². The summed E-state index contributed by atoms with van der Waals surface area (Å²) >= 11 is 0. The summed E-state index contributed by atoms with van der Waals surface area (Å²) in [6.45, 7) is 7.56. The van der Waals surface area contributed by atoms with Gasteiger partial charge in [0.25, 0.3) is 5.56 Å². The van der Waals surface area contributed by atoms with Gasteiger partial charge in [0.2, 0.25) is 5.91 Å². The van der Waals surface area contributed by atoms with Crippen molar-refractivity contribution in [1.29, 1.82) is 0 Å². The second kappa shape index (κ2) is 7.20. The van der Waals surface area contributed by atoms with E-state index in [2.05, 4.69) is 15.4 Å². The molecule has 4 aromatic heterocycles. The zero-order chi connectivity index (χ0) is 20.7. The molecule has 1 amide bonds. The summed E-state index contributed by atoms with van der Waals surface area (Å²) in [4.78, 5) is 29.9. The number of aryl methyl sites for hydroxylation is 1. The Morgan fingerprint density at radius 2 is 2.07 bits per heavy atom. The Kier molecular flexibility index (Phi) is 4.70. The number of nitrogens with one attached hydrogen (secondary N) is 1. The quantitative estimate of drug-likeness (QED) is 0.562. The first kappa shape index (κ1) is 18.9. The summed E-state index contributed by atoms with van der Waals surface area (Å²) in [6.07, 6.45) is 3.27. The number of hydrogen-bond acceptors (Lipinski definition) is 5. The Balaban J connectivity index is 1.68. The molecule has 29 heavy (non-hydrogen) atoms. The van der Waals surface area contributed by atoms with Crippen molar-refractivity contribution in [1.82, 2.24) is 24.6 Å². The predicted octanol–water partition coefficient (Wildman–Crippen LogP) is 3.11. The minimum Gasteiger partial charge on any atom is -0.459 e. The van der Waals surface area contributed by atoms with E-state index in [0.29, 0.717) is 16.5 Å². The van der Waals surface area contributed by atoms with Crippen LogP contribution in [0.5, 0.6) is 0 Å². The highest BCUT2D eigenvalue weighted by Gasteiger charge is 2.21. The first-order chi connectivity index (χ1) is 13.9. The van der Waals surface area contributed by atoms with Crippen molar-refractivity contribution < 1.29 is 9.21 Å². The number of amides is 1. The lowest BCUT2D eigenvalue weighted by Crippen LogP contribution is -2.35. The van der Waals surface area contributed by atoms with Crippen molar-refractivity contribution in [3.63, 3.8) is 0 Å². The second-order valence-electron chi connectivity index (χ2n) is 7.45. The topological polar surface area (TPSA) is 95.0 Å². The third-order valence-electron chi connectivity index (χ3n) is 4.92. The van der Waals surface area contributed by atoms with E-state index < -0.39 is 0 Å². The molecule has 0 aliphatic carbocycles. The van der Waals surface area contributed by atoms with Gasteiger partial charge in [-0.25, -0.2) is 4.68 Å². The van der Waals surface area contributed by atoms with Gasteiger partial charge in [-0.15, -0.1) is 0 Å². The third-order valence-corrected chi connectivity index (χ3v) is 4.92. The van der Waals surface area contributed by atoms with Gasteiger partial charge in [0.15, 0.2) is 5.58 Å². The predicted molar refractivity (Wildman–Crippen MR) is 110 cm³/mol. The van der Waals surface area contributed by atoms with Gasteiger partial charge in [-0.2, -0.15) is 5.10 Å². The van der Waals surface area contributed by atoms with Crippen molar-refractivity contribution >= 4 is 27.9 Å². The summed E-state index contributed by atoms with van der Waals surface area (Å²) in [5.74, 6) is 0.470. The molecule has 0 aliphatic heterocycles. The summed E-state index contributed by atoms with van der Waals surface area (Å²) < 4.78 is 8.92. The van der Waals surface area contributed by atoms with Gasteiger partial charge < -0.3 is 14.3 Å². The molecule has 0 fully saturated rings. The number of carbonyl (C=O) groups is 1. The van der Waals surface area contributed by atoms with Gasteiger partial charge in [0.1, 0.15) is 17.8 Å². The van der Waals surface area contributed by atoms with Gasteiger partial charge in [-0.1, -0.05) is 6.07 Å². The monoisotopic (exact) mass is 393 g/mol. The number of furan rings is 1. The third kappa shape index (κ3) is 3.30. The standard InChI is InChI=1S/C21H23N5O3/c1-12(2)26-17-9-13(3)29-20(17)15-10-23-25(21(28)19(15)26)11-18(27)24-14(4)16-7-5-6-8-22-16/h5-10,12,14H,11H2,1-4H3,(H,24,27)/t14-/m0/s1. The van der Waals surface area contributed by atoms with E-state index in [1.165, 1.54) is 4.68 Å². The highest BCUT2D eigenvalue weighted by Crippen LogP contribution is 2.31. The lowest BCUT2D eigenvalue weighted by Gasteiger charge is -2.14. The number of nitrogens with zero attached hydrogens (tertiary/aromatic N) is 4. The molecule has 8 nitrogen and oxygen atoms in total. The molecule has 0 saturated heterocycles. The number of hydrogen-bond donors (Lipinski definition) is 1. The molecule has 0 saturated carbocycles. The van der Waals surface area contributed by atoms with Crippen molar-refractivity contribution in [2.75, 3.05) is 0 Å². The molecule has 0 aliphatic rings. The SMILES string of the molecule is Cc1cc2c(o1)c1cnn(CC(=O)N[C@@H](C)c3ccccn3)c(=O)c1n2C(C)C. The average Bonchev–Trinajstić information content (AvgIpc) is 3.19. The second-order valence-corrected chi connectivity index (χ2v) is 7.45. The molecule has 150 valence electrons. The van der Waals surface area contributed by atoms with E-state index in [9.17, 15) is 9.59 Å². The largest absolute Gasteiger partial charge is 0.459 e. The fourth-order valence-corrected chi connectivity index (χ4v) is 3.65. The summed E-state index contributed by atoms with van der Waals surface area (Å²) in [7, 11) is 0. The number of rotatable bonds is 5. The van der Waals surface area contributed by atoms with Gasteiger partial charge >= 0.3 is 0 Å². The molecule has 0 spiro atoms. The van der Waals surface area contributed by atoms with Gasteiger partial charge in [0, 0.05) is 18.3 Å². The van der Waals surface area contributed by atoms with Crippen LogP contribution in [-0.2, 0) is 11.3 Å². The van der Waals surface area contributed by atoms with Crippen molar-refractivity contribution in [2.45, 2.75) is 46.3 Å². The van der Waals surface area contributed by atoms with Crippen LogP contribution in [0.25, 0.3) is 22.0 Å². The highest BCUT2D eigenvalue weighted by atomic mass is 16.3. The molecule has 4 heterocycles. The Bertz CT molecular complexity index is 1250. The van der Waals surface area contributed by atoms with Crippen LogP contribution in [0.15, 0.2) is 45.9 Å². The number of fused-ring (bicyclic) bond motifs is 3. The van der Waals surface area contributed by atoms with Crippen molar-refractivity contribution in [3.05, 3.63) is 58.5 Å². The zero-order valence-electron chi connectivity index (χ0n) is 16.8. The Morgan fingerprint density at radius 3 is 2.76 bits per heavy atom. The highest BCUT2D eigenvalue weighted by molar-refractivity contribution is 6.04. The van der Waals surface area contributed by atoms with Gasteiger partial charge in [-0.3, -0.25) is 14.6 Å². The first-order valence-corrected chi connectivity index (χ1v) is 9.57. The lowest BCUT2D eigenvalue weighted by atomic mass is 10.2. The molecule has 0 unspecified atom stereocenters. The molecule has 0 aromatic carbocycles. The Hall–Kier alpha value is -3.42. The minimum absolute atomic E-state index is 0.0496. The maximum atomic E-state index is 13.1. The molecular formula is C21H23N5O3. The average molecular weight is 393 g/mol. The van der Waals surface area contributed by atoms with Crippen LogP contribution in [0, 0.1) is 6.92 Å². The van der Waals surface area contributed by atoms with E-state index in [0.717, 1.165) is 17.0 Å². The van der Waals surface area contributed by atoms with Gasteiger partial charge in [0.05, 0.1) is 28.8 Å². The van der Waals surface area contributed by atoms with Crippen LogP contribution in [-0.4, -0.2) is 25.2 Å². The van der Waals surface area contributed by atoms with E-state index in [1.807, 2.05) is 56.5 Å². The molecule has 8 heteroatoms. The fraction of sp³-hybridized carbons (Fsp3) is 0.333. The molecular weight excluding hydrogens is 370 g/mol. The molecule has 1 N–H and O–H groups in total. The molecule has 4 aromatic rings. The van der Waals surface area contributed by atoms with Gasteiger partial charge in [-0.05, 0) is 39.8 Å². The first-order valence-electron chi connectivity index (χ1n) is 9.57. The van der Waals surface area contributed by atoms with E-state index in [-0.39, 0.29) is 30.1 Å². The normalized spacial score (nSPS) is 12.7. The molecule has 0 bridgehead atoms. The van der Waals surface area contributed by atoms with Crippen molar-refractivity contribution in [2.24, 2.45) is 0 Å². The lowest BCUT2D eigenvalue weighted by molar-refractivity contribution is -0.122. The molecule has 0 radical (unpaired) electrons. The maximum Gasteiger partial charge on any atom is 0.291 e. The molecule has 4 rings (SSSR count). The summed E-state index contributed by atoms with van der Waals surface area (Å²) in [5.41, 5.74) is 2.43. The Labute approximate surface area is 167 Å². The smallest absolute Gasteiger partial charge is 0.291 e. The van der Waals surface area contributed by atoms with E-state index in [1.54, 1.807) is 12.4 Å². The van der Waals surface area contributed by atoms with Crippen LogP contribution < -0.4 is 10.9 Å². The fourth-order valence-electron chi connectivity index (χ4n) is 3.65. The summed E-state index contributed by atoms with van der Waals surface area (Å²) in [6, 6.07) is 7.22. The number of pyridine rings is 1. The number of aromatic nitrogens is 4. The van der Waals surface area contributed by atoms with Crippen LogP contribution in [0.3, 0.4) is 0 Å². The van der Waals surface area contributed by atoms with Crippen LogP contribution in [0.4, 0.5) is 0 Å². The maximum absolute atomic E-state index is 13.1. The van der Waals surface area contributed by atoms with E-state index in [4.69, 9.17) is 4.42 Å². The van der Waals surface area contributed by atoms with Crippen LogP contribution >= 0.6 is 0 Å². The van der Waals surface area contributed by atoms with Crippen LogP contribution in [0.2, 0.25) is 0 Å². The summed E-state index contributed by atoms with van der Waals surface area (Å²) in [5, 5.41) is 7.73.